The maximum Gasteiger partial charge on any atom is 0.245 e. The van der Waals surface area contributed by atoms with E-state index in [2.05, 4.69) is 53.2 Å². The number of aliphatic hydroxyl groups is 1. The topological polar surface area (TPSA) is 378 Å². The fourth-order valence-corrected chi connectivity index (χ4v) is 13.2. The third-order valence-electron chi connectivity index (χ3n) is 18.8. The van der Waals surface area contributed by atoms with Gasteiger partial charge in [0.2, 0.25) is 65.0 Å². The second kappa shape index (κ2) is 39.8. The van der Waals surface area contributed by atoms with Crippen LogP contribution in [0.2, 0.25) is 0 Å². The van der Waals surface area contributed by atoms with E-state index < -0.39 is 132 Å². The molecule has 10 atom stereocenters. The molecule has 0 bridgehead atoms. The molecule has 1 aliphatic heterocycles. The number of rotatable bonds is 38. The first-order chi connectivity index (χ1) is 50.0. The molecule has 8 rings (SSSR count). The zero-order valence-corrected chi connectivity index (χ0v) is 59.6. The Labute approximate surface area is 607 Å². The van der Waals surface area contributed by atoms with Gasteiger partial charge in [-0.3, -0.25) is 52.7 Å². The number of hydrogen-bond acceptors (Lipinski definition) is 14. The van der Waals surface area contributed by atoms with Crippen LogP contribution in [-0.2, 0) is 84.8 Å². The Morgan fingerprint density at radius 1 is 0.452 bits per heavy atom. The van der Waals surface area contributed by atoms with Crippen molar-refractivity contribution in [1.82, 2.24) is 58.1 Å². The zero-order valence-electron chi connectivity index (χ0n) is 59.6. The third-order valence-corrected chi connectivity index (χ3v) is 18.8. The van der Waals surface area contributed by atoms with Gasteiger partial charge in [-0.15, -0.1) is 0 Å². The Kier molecular flexibility index (Phi) is 30.3. The van der Waals surface area contributed by atoms with Crippen molar-refractivity contribution in [2.45, 2.75) is 190 Å². The predicted molar refractivity (Wildman–Crippen MR) is 393 cm³/mol. The Morgan fingerprint density at radius 3 is 1.35 bits per heavy atom. The molecular formula is C79H100N12O13. The molecule has 6 aromatic rings. The van der Waals surface area contributed by atoms with Gasteiger partial charge in [0.25, 0.3) is 0 Å². The summed E-state index contributed by atoms with van der Waals surface area (Å²) >= 11 is 0. The predicted octanol–water partition coefficient (Wildman–Crippen LogP) is 3.68. The number of likely N-dealkylation sites (tertiary alicyclic amines) is 1. The third kappa shape index (κ3) is 24.6. The summed E-state index contributed by atoms with van der Waals surface area (Å²) in [4.78, 5) is 158. The molecule has 0 aromatic heterocycles. The van der Waals surface area contributed by atoms with Crippen molar-refractivity contribution < 1.29 is 63.0 Å². The van der Waals surface area contributed by atoms with Crippen LogP contribution in [0.4, 0.5) is 0 Å². The molecule has 11 amide bonds. The molecule has 1 heterocycles. The van der Waals surface area contributed by atoms with Gasteiger partial charge in [0.05, 0.1) is 6.61 Å². The average Bonchev–Trinajstić information content (AvgIpc) is 1.77. The van der Waals surface area contributed by atoms with Crippen LogP contribution in [0.1, 0.15) is 120 Å². The Hall–Kier alpha value is -10.5. The molecule has 0 spiro atoms. The summed E-state index contributed by atoms with van der Waals surface area (Å²) in [6.07, 6.45) is 5.84. The molecule has 1 aliphatic carbocycles. The summed E-state index contributed by atoms with van der Waals surface area (Å²) in [7, 11) is 0. The number of phenolic OH excluding ortho intramolecular Hbond substituents is 1. The largest absolute Gasteiger partial charge is 0.508 e. The number of amides is 11. The van der Waals surface area contributed by atoms with Gasteiger partial charge < -0.3 is 74.0 Å². The zero-order chi connectivity index (χ0) is 74.7. The van der Waals surface area contributed by atoms with Gasteiger partial charge in [0.15, 0.2) is 0 Å². The Morgan fingerprint density at radius 2 is 0.865 bits per heavy atom. The van der Waals surface area contributed by atoms with Crippen molar-refractivity contribution in [3.05, 3.63) is 186 Å². The summed E-state index contributed by atoms with van der Waals surface area (Å²) in [6, 6.07) is 32.9. The van der Waals surface area contributed by atoms with Crippen molar-refractivity contribution in [3.63, 3.8) is 0 Å². The van der Waals surface area contributed by atoms with E-state index in [0.29, 0.717) is 60.5 Å². The van der Waals surface area contributed by atoms with Crippen molar-refractivity contribution in [2.24, 2.45) is 11.7 Å². The molecule has 554 valence electrons. The highest BCUT2D eigenvalue weighted by Gasteiger charge is 2.41. The summed E-state index contributed by atoms with van der Waals surface area (Å²) < 4.78 is 0. The molecule has 104 heavy (non-hydrogen) atoms. The highest BCUT2D eigenvalue weighted by atomic mass is 16.3. The van der Waals surface area contributed by atoms with E-state index in [9.17, 15) is 53.4 Å². The fraction of sp³-hybridized carbons (Fsp3) is 0.430. The summed E-state index contributed by atoms with van der Waals surface area (Å²) in [5.41, 5.74) is 8.50. The van der Waals surface area contributed by atoms with E-state index in [0.717, 1.165) is 42.0 Å². The first kappa shape index (κ1) is 79.2. The van der Waals surface area contributed by atoms with Crippen LogP contribution >= 0.6 is 0 Å². The van der Waals surface area contributed by atoms with E-state index in [-0.39, 0.29) is 63.2 Å². The van der Waals surface area contributed by atoms with Crippen LogP contribution in [0, 0.1) is 5.92 Å². The van der Waals surface area contributed by atoms with Crippen LogP contribution in [-0.4, -0.2) is 166 Å². The lowest BCUT2D eigenvalue weighted by Crippen LogP contribution is -2.61. The number of fused-ring (bicyclic) bond motifs is 1. The van der Waals surface area contributed by atoms with Crippen molar-refractivity contribution >= 4 is 75.8 Å². The maximum absolute atomic E-state index is 15.1. The SMILES string of the molecule is CC(=O)N[C@@H](Cc1ccc2ccccc2c1)C(=O)N[C@@H](Cc1ccccc1)C(=O)N[C@@H](Cc1ccccc1)C(=O)N[C@@H](CO)C(=O)N[C@@H](Cc1ccc(O)cc1)C(=O)N[C@@H](CCCCNC1CCCC1)C(=O)N[C@@H](Cc1ccccc1)C(=O)N[C@@H](CC(C)C)C(=O)N1CCC[C@@H]1C(=O)N[C@@H](C)C(N)=O. The molecule has 1 saturated heterocycles. The van der Waals surface area contributed by atoms with Crippen LogP contribution in [0.5, 0.6) is 5.75 Å². The summed E-state index contributed by atoms with van der Waals surface area (Å²) in [5, 5.41) is 51.6. The molecule has 6 aromatic carbocycles. The smallest absolute Gasteiger partial charge is 0.245 e. The molecule has 25 nitrogen and oxygen atoms in total. The first-order valence-electron chi connectivity index (χ1n) is 36.0. The van der Waals surface area contributed by atoms with Gasteiger partial charge in [-0.1, -0.05) is 172 Å². The van der Waals surface area contributed by atoms with Gasteiger partial charge in [0.1, 0.15) is 66.2 Å². The monoisotopic (exact) mass is 1420 g/mol. The molecule has 1 saturated carbocycles. The highest BCUT2D eigenvalue weighted by molar-refractivity contribution is 5.99. The molecule has 25 heteroatoms. The normalized spacial score (nSPS) is 16.2. The van der Waals surface area contributed by atoms with Crippen molar-refractivity contribution in [3.8, 4) is 5.75 Å². The standard InChI is InChI=1S/C79H100N12O13/c1-49(2)41-67(79(104)91-40-20-32-69(91)78(103)82-50(3)70(80)95)89-75(100)64(44-53-23-10-6-11-24-53)85-71(96)61(31-18-19-39-81-59-29-16-17-30-59)84-73(98)66(46-55-34-37-60(94)38-35-55)88-77(102)68(48-92)90-76(101)65(45-54-25-12-7-13-26-54)87-74(99)63(43-52-21-8-5-9-22-52)86-72(97)62(83-51(4)93)47-56-33-36-57-27-14-15-28-58(57)42-56/h5-15,21-28,33-38,42,49-50,59,61-69,81,92,94H,16-20,29-32,39-41,43-48H2,1-4H3,(H2,80,95)(H,82,103)(H,83,93)(H,84,98)(H,85,96)(H,86,97)(H,87,99)(H,88,102)(H,89,100)(H,90,101)/t50-,61-,62-,63-,64-,65-,66-,67-,68-,69+/m0/s1. The first-order valence-corrected chi connectivity index (χ1v) is 36.0. The van der Waals surface area contributed by atoms with E-state index in [1.807, 2.05) is 56.3 Å². The lowest BCUT2D eigenvalue weighted by atomic mass is 9.99. The van der Waals surface area contributed by atoms with Gasteiger partial charge in [0, 0.05) is 51.6 Å². The Balaban J connectivity index is 1.03. The minimum Gasteiger partial charge on any atom is -0.508 e. The number of phenols is 1. The van der Waals surface area contributed by atoms with Gasteiger partial charge in [-0.2, -0.15) is 0 Å². The van der Waals surface area contributed by atoms with E-state index >= 15 is 9.59 Å². The lowest BCUT2D eigenvalue weighted by molar-refractivity contribution is -0.142. The van der Waals surface area contributed by atoms with Crippen molar-refractivity contribution in [1.29, 1.82) is 0 Å². The van der Waals surface area contributed by atoms with Crippen LogP contribution in [0.3, 0.4) is 0 Å². The minimum absolute atomic E-state index is 0.0473. The molecule has 14 N–H and O–H groups in total. The van der Waals surface area contributed by atoms with E-state index in [1.54, 1.807) is 91.0 Å². The Bertz CT molecular complexity index is 3880. The maximum atomic E-state index is 15.1. The number of nitrogens with one attached hydrogen (secondary N) is 10. The second-order valence-corrected chi connectivity index (χ2v) is 27.6. The number of unbranched alkanes of at least 4 members (excludes halogenated alkanes) is 1. The van der Waals surface area contributed by atoms with E-state index in [4.69, 9.17) is 5.73 Å². The molecular weight excluding hydrogens is 1320 g/mol. The number of nitrogens with two attached hydrogens (primary N) is 1. The quantitative estimate of drug-likeness (QED) is 0.0246. The van der Waals surface area contributed by atoms with Crippen LogP contribution in [0.15, 0.2) is 158 Å². The van der Waals surface area contributed by atoms with Gasteiger partial charge in [-0.05, 0) is 121 Å². The molecule has 2 aliphatic rings. The summed E-state index contributed by atoms with van der Waals surface area (Å²) in [5.74, 6) is -8.39. The number of carbonyl (C=O) groups is 11. The highest BCUT2D eigenvalue weighted by Crippen LogP contribution is 2.23. The molecule has 0 unspecified atom stereocenters. The second-order valence-electron chi connectivity index (χ2n) is 27.6. The van der Waals surface area contributed by atoms with Gasteiger partial charge in [-0.25, -0.2) is 0 Å². The summed E-state index contributed by atoms with van der Waals surface area (Å²) in [6.45, 7) is 6.26. The molecule has 0 radical (unpaired) electrons. The molecule has 2 fully saturated rings. The number of carbonyl (C=O) groups excluding carboxylic acids is 11. The van der Waals surface area contributed by atoms with E-state index in [1.165, 1.54) is 43.0 Å². The minimum atomic E-state index is -1.77. The van der Waals surface area contributed by atoms with Gasteiger partial charge >= 0.3 is 0 Å². The van der Waals surface area contributed by atoms with Crippen molar-refractivity contribution in [2.75, 3.05) is 19.7 Å². The number of primary amides is 1. The van der Waals surface area contributed by atoms with Crippen LogP contribution < -0.4 is 58.9 Å². The number of hydrogen-bond donors (Lipinski definition) is 13. The fourth-order valence-electron chi connectivity index (χ4n) is 13.2. The number of benzene rings is 6. The van der Waals surface area contributed by atoms with Crippen LogP contribution in [0.25, 0.3) is 10.8 Å². The average molecular weight is 1430 g/mol. The lowest BCUT2D eigenvalue weighted by Gasteiger charge is -2.31. The number of nitrogens with zero attached hydrogens (tertiary/aromatic N) is 1. The number of aromatic hydroxyl groups is 1. The number of aliphatic hydroxyl groups excluding tert-OH is 1.